The number of carbonyl (C=O) groups excluding carboxylic acids is 1. The Morgan fingerprint density at radius 2 is 0.966 bits per heavy atom. The lowest BCUT2D eigenvalue weighted by molar-refractivity contribution is -0.123. The molecule has 5 nitrogen and oxygen atoms in total. The zero-order chi connectivity index (χ0) is 46.4. The average Bonchev–Trinajstić information content (AvgIpc) is 3.82. The summed E-state index contributed by atoms with van der Waals surface area (Å²) in [5.74, 6) is 1.07. The molecule has 1 aliphatic heterocycles. The monoisotopic (exact) mass is 809 g/mol. The van der Waals surface area contributed by atoms with E-state index in [1.54, 1.807) is 0 Å². The number of carbonyl (C=O) groups is 1. The van der Waals surface area contributed by atoms with Crippen molar-refractivity contribution in [3.05, 3.63) is 101 Å². The number of fused-ring (bicyclic) bond motifs is 1. The Balaban J connectivity index is 0.000000804. The van der Waals surface area contributed by atoms with E-state index in [4.69, 9.17) is 4.99 Å². The molecular weight excluding hydrogens is 721 g/mol. The minimum absolute atomic E-state index is 0.0426. The molecule has 1 aromatic heterocycles. The van der Waals surface area contributed by atoms with Gasteiger partial charge in [-0.25, -0.2) is 4.98 Å². The van der Waals surface area contributed by atoms with Gasteiger partial charge in [0.1, 0.15) is 5.82 Å². The summed E-state index contributed by atoms with van der Waals surface area (Å²) in [7, 11) is 0. The number of hydrogen-bond donors (Lipinski definition) is 2. The van der Waals surface area contributed by atoms with Crippen LogP contribution < -0.4 is 5.32 Å². The highest BCUT2D eigenvalue weighted by atomic mass is 16.2. The molecule has 4 aromatic rings. The van der Waals surface area contributed by atoms with E-state index in [1.807, 2.05) is 80.6 Å². The molecule has 2 N–H and O–H groups in total. The van der Waals surface area contributed by atoms with Crippen LogP contribution in [-0.2, 0) is 32.9 Å². The van der Waals surface area contributed by atoms with Gasteiger partial charge in [-0.2, -0.15) is 0 Å². The van der Waals surface area contributed by atoms with Crippen molar-refractivity contribution in [1.29, 1.82) is 0 Å². The number of anilines is 1. The molecule has 5 rings (SSSR count). The number of aliphatic imine (C=N–C) groups is 1. The van der Waals surface area contributed by atoms with Gasteiger partial charge in [0.05, 0.1) is 17.6 Å². The lowest BCUT2D eigenvalue weighted by Crippen LogP contribution is -2.27. The van der Waals surface area contributed by atoms with Crippen molar-refractivity contribution in [2.75, 3.05) is 5.32 Å². The highest BCUT2D eigenvalue weighted by Gasteiger charge is 2.26. The summed E-state index contributed by atoms with van der Waals surface area (Å²) < 4.78 is 0. The van der Waals surface area contributed by atoms with Crippen molar-refractivity contribution >= 4 is 23.0 Å². The number of aromatic amines is 1. The maximum absolute atomic E-state index is 11.8. The SMILES string of the molecule is CC.CC.CC.CC(C)(C)C(=O)Nc1ccc(C(C)(C)C)cc1.CC(C)(C)C1=Nc2cc(C(C)(C)C)ccc2C1.CC(C)(C)c1ccc(-c2cnc(C(C)(C)C)[nH]2)cc1. The topological polar surface area (TPSA) is 70.1 Å². The molecule has 1 amide bonds. The Hall–Kier alpha value is -3.99. The van der Waals surface area contributed by atoms with Crippen LogP contribution in [0.1, 0.15) is 194 Å². The molecule has 0 aliphatic carbocycles. The van der Waals surface area contributed by atoms with E-state index in [0.29, 0.717) is 0 Å². The van der Waals surface area contributed by atoms with Gasteiger partial charge in [-0.3, -0.25) is 9.79 Å². The smallest absolute Gasteiger partial charge is 0.229 e. The summed E-state index contributed by atoms with van der Waals surface area (Å²) in [6, 6.07) is 23.6. The minimum atomic E-state index is -0.358. The Kier molecular flexibility index (Phi) is 21.0. The first-order chi connectivity index (χ1) is 27.0. The van der Waals surface area contributed by atoms with Crippen molar-refractivity contribution < 1.29 is 4.79 Å². The Morgan fingerprint density at radius 1 is 0.542 bits per heavy atom. The molecule has 2 heterocycles. The summed E-state index contributed by atoms with van der Waals surface area (Å²) >= 11 is 0. The number of H-pyrrole nitrogens is 1. The van der Waals surface area contributed by atoms with Crippen molar-refractivity contribution in [1.82, 2.24) is 9.97 Å². The van der Waals surface area contributed by atoms with Gasteiger partial charge in [0.15, 0.2) is 0 Å². The zero-order valence-electron chi connectivity index (χ0n) is 42.4. The lowest BCUT2D eigenvalue weighted by atomic mass is 9.85. The second-order valence-electron chi connectivity index (χ2n) is 20.8. The summed E-state index contributed by atoms with van der Waals surface area (Å²) in [4.78, 5) is 24.5. The minimum Gasteiger partial charge on any atom is -0.342 e. The quantitative estimate of drug-likeness (QED) is 0.212. The summed E-state index contributed by atoms with van der Waals surface area (Å²) in [5, 5.41) is 2.92. The van der Waals surface area contributed by atoms with Gasteiger partial charge in [0.2, 0.25) is 5.91 Å². The van der Waals surface area contributed by atoms with Gasteiger partial charge >= 0.3 is 0 Å². The molecule has 0 saturated carbocycles. The third-order valence-electron chi connectivity index (χ3n) is 9.47. The number of imidazole rings is 1. The highest BCUT2D eigenvalue weighted by Crippen LogP contribution is 2.36. The van der Waals surface area contributed by atoms with Crippen molar-refractivity contribution in [3.63, 3.8) is 0 Å². The standard InChI is InChI=1S/C17H24N2.C16H23N.C15H23NO.3C2H6/c1-16(2,3)13-9-7-12(8-10-13)14-11-18-15(19-14)17(4,5)6;1-15(2,3)12-8-7-11-9-14(16(4,5)6)17-13(11)10-12;1-14(2,3)11-7-9-12(10-8-11)16-13(17)15(4,5)6;3*1-2/h7-11H,1-6H3,(H,18,19);7-8,10H,9H2,1-6H3;7-10H,1-6H3,(H,16,17);3*1-2H3. The molecule has 0 radical (unpaired) electrons. The Labute approximate surface area is 364 Å². The fourth-order valence-corrected chi connectivity index (χ4v) is 5.45. The van der Waals surface area contributed by atoms with E-state index in [2.05, 4.69) is 174 Å². The second-order valence-corrected chi connectivity index (χ2v) is 20.8. The van der Waals surface area contributed by atoms with E-state index >= 15 is 0 Å². The molecule has 0 saturated heterocycles. The summed E-state index contributed by atoms with van der Waals surface area (Å²) in [5.41, 5.74) is 11.4. The van der Waals surface area contributed by atoms with E-state index < -0.39 is 0 Å². The molecular formula is C54H88N4O. The maximum atomic E-state index is 11.8. The van der Waals surface area contributed by atoms with Crippen LogP contribution in [0.3, 0.4) is 0 Å². The fraction of sp³-hybridized carbons (Fsp3) is 0.574. The molecule has 0 unspecified atom stereocenters. The number of nitrogens with one attached hydrogen (secondary N) is 2. The van der Waals surface area contributed by atoms with Crippen molar-refractivity contribution in [3.8, 4) is 11.3 Å². The van der Waals surface area contributed by atoms with E-state index in [1.165, 1.54) is 39.2 Å². The number of hydrogen-bond acceptors (Lipinski definition) is 3. The Bertz CT molecular complexity index is 1850. The number of rotatable bonds is 2. The molecule has 0 spiro atoms. The largest absolute Gasteiger partial charge is 0.342 e. The van der Waals surface area contributed by atoms with Gasteiger partial charge in [-0.1, -0.05) is 215 Å². The third kappa shape index (κ3) is 18.0. The lowest BCUT2D eigenvalue weighted by Gasteiger charge is -2.20. The van der Waals surface area contributed by atoms with E-state index in [-0.39, 0.29) is 38.4 Å². The first-order valence-corrected chi connectivity index (χ1v) is 22.3. The van der Waals surface area contributed by atoms with Crippen molar-refractivity contribution in [2.45, 2.75) is 194 Å². The zero-order valence-corrected chi connectivity index (χ0v) is 42.4. The van der Waals surface area contributed by atoms with Crippen LogP contribution in [0.4, 0.5) is 11.4 Å². The second kappa shape index (κ2) is 22.6. The number of benzene rings is 3. The molecule has 330 valence electrons. The van der Waals surface area contributed by atoms with Gasteiger partial charge in [-0.05, 0) is 62.3 Å². The molecule has 59 heavy (non-hydrogen) atoms. The number of aromatic nitrogens is 2. The summed E-state index contributed by atoms with van der Waals surface area (Å²) in [6.45, 7) is 50.9. The predicted molar refractivity (Wildman–Crippen MR) is 264 cm³/mol. The highest BCUT2D eigenvalue weighted by molar-refractivity contribution is 5.97. The van der Waals surface area contributed by atoms with Crippen LogP contribution in [0.2, 0.25) is 0 Å². The first-order valence-electron chi connectivity index (χ1n) is 22.3. The van der Waals surface area contributed by atoms with Crippen LogP contribution in [-0.4, -0.2) is 21.6 Å². The van der Waals surface area contributed by atoms with E-state index in [9.17, 15) is 4.79 Å². The van der Waals surface area contributed by atoms with E-state index in [0.717, 1.165) is 23.6 Å². The third-order valence-corrected chi connectivity index (χ3v) is 9.47. The Morgan fingerprint density at radius 3 is 1.34 bits per heavy atom. The molecule has 0 bridgehead atoms. The first kappa shape index (κ1) is 55.0. The van der Waals surface area contributed by atoms with Crippen LogP contribution in [0.5, 0.6) is 0 Å². The van der Waals surface area contributed by atoms with Crippen LogP contribution in [0.15, 0.2) is 77.9 Å². The van der Waals surface area contributed by atoms with Gasteiger partial charge < -0.3 is 10.3 Å². The molecule has 1 aliphatic rings. The van der Waals surface area contributed by atoms with Gasteiger partial charge in [0.25, 0.3) is 0 Å². The van der Waals surface area contributed by atoms with Crippen LogP contribution in [0.25, 0.3) is 11.3 Å². The van der Waals surface area contributed by atoms with Gasteiger partial charge in [0, 0.05) is 34.1 Å². The predicted octanol–water partition coefficient (Wildman–Crippen LogP) is 16.4. The fourth-order valence-electron chi connectivity index (χ4n) is 5.45. The van der Waals surface area contributed by atoms with Crippen LogP contribution >= 0.6 is 0 Å². The molecule has 0 atom stereocenters. The summed E-state index contributed by atoms with van der Waals surface area (Å²) in [6.07, 6.45) is 2.94. The molecule has 0 fully saturated rings. The normalized spacial score (nSPS) is 12.5. The van der Waals surface area contributed by atoms with Crippen LogP contribution in [0, 0.1) is 10.8 Å². The number of amides is 1. The average molecular weight is 809 g/mol. The molecule has 5 heteroatoms. The molecule has 3 aromatic carbocycles. The van der Waals surface area contributed by atoms with Gasteiger partial charge in [-0.15, -0.1) is 0 Å². The maximum Gasteiger partial charge on any atom is 0.229 e. The van der Waals surface area contributed by atoms with Crippen molar-refractivity contribution in [2.24, 2.45) is 15.8 Å². The number of nitrogens with zero attached hydrogens (tertiary/aromatic N) is 2.